The molecule has 0 aliphatic rings. The first-order chi connectivity index (χ1) is 9.11. The molecule has 0 aromatic heterocycles. The second kappa shape index (κ2) is 10.1. The summed E-state index contributed by atoms with van der Waals surface area (Å²) in [7, 11) is 0. The van der Waals surface area contributed by atoms with Crippen LogP contribution in [-0.4, -0.2) is 5.97 Å². The molecule has 0 N–H and O–H groups in total. The smallest absolute Gasteiger partial charge is 0.549 e. The van der Waals surface area contributed by atoms with Gasteiger partial charge in [0.25, 0.3) is 0 Å². The molecule has 1 aromatic rings. The van der Waals surface area contributed by atoms with Crippen LogP contribution in [-0.2, 0) is 10.2 Å². The summed E-state index contributed by atoms with van der Waals surface area (Å²) in [6.45, 7) is 3.98. The number of benzene rings is 1. The van der Waals surface area contributed by atoms with Crippen molar-refractivity contribution in [1.82, 2.24) is 0 Å². The molecule has 0 saturated carbocycles. The van der Waals surface area contributed by atoms with Crippen LogP contribution in [0.3, 0.4) is 0 Å². The van der Waals surface area contributed by atoms with Gasteiger partial charge in [0, 0.05) is 5.41 Å². The minimum Gasteiger partial charge on any atom is -0.549 e. The third-order valence-electron chi connectivity index (χ3n) is 3.89. The summed E-state index contributed by atoms with van der Waals surface area (Å²) in [6.07, 6.45) is 7.68. The van der Waals surface area contributed by atoms with Crippen molar-refractivity contribution in [3.8, 4) is 0 Å². The zero-order chi connectivity index (χ0) is 14.1. The molecule has 0 saturated heterocycles. The van der Waals surface area contributed by atoms with Crippen LogP contribution in [0.15, 0.2) is 30.3 Å². The molecule has 2 nitrogen and oxygen atoms in total. The SMILES string of the molecule is CCCCCCCCC(C)(C(=O)[O-])c1ccccc1.[Li+]. The van der Waals surface area contributed by atoms with Crippen LogP contribution >= 0.6 is 0 Å². The van der Waals surface area contributed by atoms with E-state index in [1.165, 1.54) is 25.7 Å². The number of hydrogen-bond donors (Lipinski definition) is 0. The number of aliphatic carboxylic acids is 1. The van der Waals surface area contributed by atoms with Gasteiger partial charge in [-0.05, 0) is 12.0 Å². The number of carbonyl (C=O) groups excluding carboxylic acids is 1. The maximum absolute atomic E-state index is 11.5. The number of hydrogen-bond acceptors (Lipinski definition) is 2. The topological polar surface area (TPSA) is 40.1 Å². The van der Waals surface area contributed by atoms with Gasteiger partial charge in [-0.25, -0.2) is 0 Å². The van der Waals surface area contributed by atoms with E-state index in [4.69, 9.17) is 0 Å². The molecule has 1 rings (SSSR count). The second-order valence-electron chi connectivity index (χ2n) is 5.50. The normalized spacial score (nSPS) is 13.3. The van der Waals surface area contributed by atoms with E-state index < -0.39 is 11.4 Å². The Kier molecular flexibility index (Phi) is 9.72. The zero-order valence-corrected chi connectivity index (χ0v) is 13.2. The van der Waals surface area contributed by atoms with Gasteiger partial charge in [0.15, 0.2) is 0 Å². The van der Waals surface area contributed by atoms with Crippen LogP contribution in [0, 0.1) is 0 Å². The van der Waals surface area contributed by atoms with Crippen molar-refractivity contribution >= 4 is 5.97 Å². The van der Waals surface area contributed by atoms with Crippen molar-refractivity contribution in [1.29, 1.82) is 0 Å². The summed E-state index contributed by atoms with van der Waals surface area (Å²) >= 11 is 0. The molecule has 20 heavy (non-hydrogen) atoms. The first kappa shape index (κ1) is 19.3. The summed E-state index contributed by atoms with van der Waals surface area (Å²) in [6, 6.07) is 9.44. The molecule has 0 bridgehead atoms. The first-order valence-corrected chi connectivity index (χ1v) is 7.38. The van der Waals surface area contributed by atoms with Crippen LogP contribution in [0.25, 0.3) is 0 Å². The maximum atomic E-state index is 11.5. The molecular formula is C17H25LiO2. The van der Waals surface area contributed by atoms with Crippen molar-refractivity contribution in [3.05, 3.63) is 35.9 Å². The van der Waals surface area contributed by atoms with Gasteiger partial charge >= 0.3 is 18.9 Å². The third kappa shape index (κ3) is 5.73. The fourth-order valence-corrected chi connectivity index (χ4v) is 2.43. The Morgan fingerprint density at radius 3 is 2.15 bits per heavy atom. The fraction of sp³-hybridized carbons (Fsp3) is 0.588. The summed E-state index contributed by atoms with van der Waals surface area (Å²) in [5.74, 6) is -0.966. The van der Waals surface area contributed by atoms with Crippen LogP contribution < -0.4 is 24.0 Å². The molecule has 1 aromatic carbocycles. The van der Waals surface area contributed by atoms with Gasteiger partial charge in [-0.3, -0.25) is 0 Å². The van der Waals surface area contributed by atoms with Crippen LogP contribution in [0.2, 0.25) is 0 Å². The monoisotopic (exact) mass is 268 g/mol. The number of carboxylic acids is 1. The molecule has 0 radical (unpaired) electrons. The largest absolute Gasteiger partial charge is 1.00 e. The molecule has 0 amide bonds. The van der Waals surface area contributed by atoms with Gasteiger partial charge in [-0.2, -0.15) is 0 Å². The fourth-order valence-electron chi connectivity index (χ4n) is 2.43. The zero-order valence-electron chi connectivity index (χ0n) is 13.2. The van der Waals surface area contributed by atoms with E-state index in [-0.39, 0.29) is 18.9 Å². The number of carboxylic acid groups (broad SMARTS) is 1. The van der Waals surface area contributed by atoms with E-state index in [2.05, 4.69) is 6.92 Å². The van der Waals surface area contributed by atoms with Crippen molar-refractivity contribution in [2.24, 2.45) is 0 Å². The summed E-state index contributed by atoms with van der Waals surface area (Å²) in [5.41, 5.74) is -0.00463. The molecule has 106 valence electrons. The first-order valence-electron chi connectivity index (χ1n) is 7.38. The van der Waals surface area contributed by atoms with Crippen LogP contribution in [0.4, 0.5) is 0 Å². The summed E-state index contributed by atoms with van der Waals surface area (Å²) in [4.78, 5) is 11.5. The van der Waals surface area contributed by atoms with Crippen LogP contribution in [0.1, 0.15) is 64.4 Å². The Hall–Kier alpha value is -0.713. The Morgan fingerprint density at radius 2 is 1.60 bits per heavy atom. The van der Waals surface area contributed by atoms with E-state index in [1.54, 1.807) is 6.92 Å². The van der Waals surface area contributed by atoms with Gasteiger partial charge in [-0.15, -0.1) is 0 Å². The molecular weight excluding hydrogens is 243 g/mol. The molecule has 3 heteroatoms. The van der Waals surface area contributed by atoms with Gasteiger partial charge < -0.3 is 9.90 Å². The van der Waals surface area contributed by atoms with Crippen molar-refractivity contribution < 1.29 is 28.8 Å². The standard InChI is InChI=1S/C17H26O2.Li/c1-3-4-5-6-7-11-14-17(2,16(18)19)15-12-9-8-10-13-15;/h8-10,12-13H,3-7,11,14H2,1-2H3,(H,18,19);/q;+1/p-1. The predicted octanol–water partition coefficient (Wildman–Crippen LogP) is 0.449. The quantitative estimate of drug-likeness (QED) is 0.482. The van der Waals surface area contributed by atoms with Crippen LogP contribution in [0.5, 0.6) is 0 Å². The van der Waals surface area contributed by atoms with Gasteiger partial charge in [0.05, 0.1) is 5.97 Å². The minimum atomic E-state index is -0.966. The van der Waals surface area contributed by atoms with E-state index >= 15 is 0 Å². The number of rotatable bonds is 9. The Balaban J connectivity index is 0.00000361. The van der Waals surface area contributed by atoms with Gasteiger partial charge in [0.2, 0.25) is 0 Å². The molecule has 0 aliphatic heterocycles. The third-order valence-corrected chi connectivity index (χ3v) is 3.89. The van der Waals surface area contributed by atoms with Crippen molar-refractivity contribution in [3.63, 3.8) is 0 Å². The van der Waals surface area contributed by atoms with E-state index in [0.717, 1.165) is 18.4 Å². The Bertz CT molecular complexity index is 378. The molecule has 1 unspecified atom stereocenters. The average Bonchev–Trinajstić information content (AvgIpc) is 2.43. The van der Waals surface area contributed by atoms with E-state index in [9.17, 15) is 9.90 Å². The summed E-state index contributed by atoms with van der Waals surface area (Å²) in [5, 5.41) is 11.5. The molecule has 1 atom stereocenters. The average molecular weight is 268 g/mol. The summed E-state index contributed by atoms with van der Waals surface area (Å²) < 4.78 is 0. The minimum absolute atomic E-state index is 0. The Morgan fingerprint density at radius 1 is 1.05 bits per heavy atom. The molecule has 0 heterocycles. The van der Waals surface area contributed by atoms with Gasteiger partial charge in [0.1, 0.15) is 0 Å². The van der Waals surface area contributed by atoms with Crippen molar-refractivity contribution in [2.45, 2.75) is 64.2 Å². The molecule has 0 fully saturated rings. The number of unbranched alkanes of at least 4 members (excludes halogenated alkanes) is 5. The predicted molar refractivity (Wildman–Crippen MR) is 76.8 cm³/mol. The van der Waals surface area contributed by atoms with Gasteiger partial charge in [-0.1, -0.05) is 82.7 Å². The molecule has 0 aliphatic carbocycles. The Labute approximate surface area is 135 Å². The van der Waals surface area contributed by atoms with E-state index in [1.807, 2.05) is 30.3 Å². The second-order valence-corrected chi connectivity index (χ2v) is 5.50. The maximum Gasteiger partial charge on any atom is 1.00 e. The van der Waals surface area contributed by atoms with Crippen molar-refractivity contribution in [2.75, 3.05) is 0 Å². The number of carbonyl (C=O) groups is 1. The molecule has 0 spiro atoms. The van der Waals surface area contributed by atoms with E-state index in [0.29, 0.717) is 6.42 Å².